The molecule has 0 aromatic carbocycles. The van der Waals surface area contributed by atoms with Gasteiger partial charge in [0, 0.05) is 0 Å². The molecule has 2 aliphatic heterocycles. The molecule has 3 N–H and O–H groups in total. The van der Waals surface area contributed by atoms with E-state index >= 15 is 0 Å². The van der Waals surface area contributed by atoms with Crippen molar-refractivity contribution in [2.75, 3.05) is 19.7 Å². The molecule has 0 atom stereocenters. The van der Waals surface area contributed by atoms with E-state index in [-0.39, 0.29) is 5.91 Å². The van der Waals surface area contributed by atoms with Crippen molar-refractivity contribution in [2.45, 2.75) is 24.8 Å². The van der Waals surface area contributed by atoms with Crippen LogP contribution in [0.2, 0.25) is 0 Å². The molecule has 1 aromatic rings. The van der Waals surface area contributed by atoms with Crippen molar-refractivity contribution < 1.29 is 9.53 Å². The molecule has 92 valence electrons. The monoisotopic (exact) mass is 237 g/mol. The van der Waals surface area contributed by atoms with Gasteiger partial charge in [-0.2, -0.15) is 10.1 Å². The van der Waals surface area contributed by atoms with E-state index in [1.807, 2.05) is 0 Å². The lowest BCUT2D eigenvalue weighted by atomic mass is 9.77. The van der Waals surface area contributed by atoms with E-state index in [2.05, 4.69) is 15.4 Å². The minimum Gasteiger partial charge on any atom is -0.462 e. The van der Waals surface area contributed by atoms with Gasteiger partial charge in [0.1, 0.15) is 12.0 Å². The number of amides is 1. The zero-order chi connectivity index (χ0) is 11.9. The fourth-order valence-corrected chi connectivity index (χ4v) is 2.44. The highest BCUT2D eigenvalue weighted by Gasteiger charge is 2.44. The van der Waals surface area contributed by atoms with E-state index in [9.17, 15) is 4.79 Å². The molecule has 0 saturated carbocycles. The highest BCUT2D eigenvalue weighted by Crippen LogP contribution is 2.32. The first kappa shape index (κ1) is 10.5. The summed E-state index contributed by atoms with van der Waals surface area (Å²) < 4.78 is 7.01. The Morgan fingerprint density at radius 1 is 1.47 bits per heavy atom. The van der Waals surface area contributed by atoms with Gasteiger partial charge in [-0.3, -0.25) is 4.79 Å². The maximum absolute atomic E-state index is 11.8. The molecule has 1 fully saturated rings. The lowest BCUT2D eigenvalue weighted by molar-refractivity contribution is -0.124. The van der Waals surface area contributed by atoms with Crippen LogP contribution in [0.25, 0.3) is 0 Å². The molecule has 17 heavy (non-hydrogen) atoms. The Bertz CT molecular complexity index is 428. The van der Waals surface area contributed by atoms with Gasteiger partial charge in [0.05, 0.1) is 6.54 Å². The smallest absolute Gasteiger partial charge is 0.315 e. The molecule has 0 spiro atoms. The van der Waals surface area contributed by atoms with Crippen LogP contribution in [0, 0.1) is 0 Å². The summed E-state index contributed by atoms with van der Waals surface area (Å²) in [4.78, 5) is 16.1. The molecular weight excluding hydrogens is 222 g/mol. The molecule has 2 aliphatic rings. The molecular formula is C10H15N5O2. The van der Waals surface area contributed by atoms with Crippen LogP contribution in [0.3, 0.4) is 0 Å². The fraction of sp³-hybridized carbons (Fsp3) is 0.700. The second-order valence-corrected chi connectivity index (χ2v) is 4.49. The number of nitrogens with zero attached hydrogens (tertiary/aromatic N) is 3. The molecule has 3 rings (SSSR count). The predicted octanol–water partition coefficient (Wildman–Crippen LogP) is -1.22. The van der Waals surface area contributed by atoms with Crippen LogP contribution in [0.1, 0.15) is 18.7 Å². The van der Waals surface area contributed by atoms with Gasteiger partial charge in [-0.25, -0.2) is 4.68 Å². The Balaban J connectivity index is 2.00. The van der Waals surface area contributed by atoms with Crippen molar-refractivity contribution in [3.63, 3.8) is 0 Å². The second-order valence-electron chi connectivity index (χ2n) is 4.49. The molecule has 7 nitrogen and oxygen atoms in total. The fourth-order valence-electron chi connectivity index (χ4n) is 2.44. The molecule has 0 bridgehead atoms. The minimum atomic E-state index is -0.730. The van der Waals surface area contributed by atoms with Crippen LogP contribution in [0.15, 0.2) is 0 Å². The lowest BCUT2D eigenvalue weighted by Gasteiger charge is -2.31. The van der Waals surface area contributed by atoms with E-state index in [0.717, 1.165) is 13.1 Å². The third-order valence-electron chi connectivity index (χ3n) is 3.53. The van der Waals surface area contributed by atoms with E-state index in [4.69, 9.17) is 10.5 Å². The normalized spacial score (nSPS) is 21.9. The first-order valence-electron chi connectivity index (χ1n) is 5.81. The Morgan fingerprint density at radius 3 is 2.88 bits per heavy atom. The Labute approximate surface area is 98.3 Å². The van der Waals surface area contributed by atoms with E-state index in [1.165, 1.54) is 0 Å². The molecule has 1 aromatic heterocycles. The van der Waals surface area contributed by atoms with E-state index < -0.39 is 5.41 Å². The predicted molar refractivity (Wildman–Crippen MR) is 58.5 cm³/mol. The number of ether oxygens (including phenoxy) is 1. The van der Waals surface area contributed by atoms with Crippen molar-refractivity contribution in [3.8, 4) is 6.01 Å². The van der Waals surface area contributed by atoms with Crippen LogP contribution in [0.4, 0.5) is 0 Å². The average molecular weight is 237 g/mol. The second kappa shape index (κ2) is 3.69. The van der Waals surface area contributed by atoms with Crippen molar-refractivity contribution in [2.24, 2.45) is 5.73 Å². The Morgan fingerprint density at radius 2 is 2.24 bits per heavy atom. The van der Waals surface area contributed by atoms with Crippen LogP contribution in [-0.4, -0.2) is 40.4 Å². The van der Waals surface area contributed by atoms with Crippen LogP contribution < -0.4 is 15.8 Å². The third-order valence-corrected chi connectivity index (χ3v) is 3.53. The number of nitrogens with one attached hydrogen (secondary N) is 1. The van der Waals surface area contributed by atoms with Crippen molar-refractivity contribution >= 4 is 5.91 Å². The molecule has 0 radical (unpaired) electrons. The molecule has 1 amide bonds. The molecule has 7 heteroatoms. The summed E-state index contributed by atoms with van der Waals surface area (Å²) in [6.45, 7) is 2.80. The minimum absolute atomic E-state index is 0.344. The number of hydrogen-bond donors (Lipinski definition) is 2. The summed E-state index contributed by atoms with van der Waals surface area (Å²) >= 11 is 0. The Hall–Kier alpha value is -1.63. The van der Waals surface area contributed by atoms with Crippen LogP contribution in [0.5, 0.6) is 6.01 Å². The summed E-state index contributed by atoms with van der Waals surface area (Å²) in [5.74, 6) is 0.171. The van der Waals surface area contributed by atoms with Gasteiger partial charge in [-0.1, -0.05) is 0 Å². The lowest BCUT2D eigenvalue weighted by Crippen LogP contribution is -2.49. The molecule has 0 unspecified atom stereocenters. The molecule has 3 heterocycles. The quantitative estimate of drug-likeness (QED) is 0.672. The zero-order valence-corrected chi connectivity index (χ0v) is 9.48. The van der Waals surface area contributed by atoms with Crippen LogP contribution in [-0.2, 0) is 16.8 Å². The number of fused-ring (bicyclic) bond motifs is 1. The molecule has 0 aliphatic carbocycles. The summed E-state index contributed by atoms with van der Waals surface area (Å²) in [5, 5.41) is 7.57. The third kappa shape index (κ3) is 1.49. The molecule has 1 saturated heterocycles. The van der Waals surface area contributed by atoms with Gasteiger partial charge in [-0.15, -0.1) is 0 Å². The first-order chi connectivity index (χ1) is 8.22. The van der Waals surface area contributed by atoms with Crippen molar-refractivity contribution in [1.29, 1.82) is 0 Å². The summed E-state index contributed by atoms with van der Waals surface area (Å²) in [5.41, 5.74) is 4.83. The highest BCUT2D eigenvalue weighted by atomic mass is 16.5. The number of nitrogens with two attached hydrogens (primary N) is 1. The van der Waals surface area contributed by atoms with Crippen molar-refractivity contribution in [3.05, 3.63) is 5.82 Å². The summed E-state index contributed by atoms with van der Waals surface area (Å²) in [7, 11) is 0. The number of hydrogen-bond acceptors (Lipinski definition) is 5. The first-order valence-corrected chi connectivity index (χ1v) is 5.81. The summed E-state index contributed by atoms with van der Waals surface area (Å²) in [6, 6.07) is 0.499. The number of carbonyl (C=O) groups is 1. The Kier molecular flexibility index (Phi) is 2.29. The topological polar surface area (TPSA) is 95.1 Å². The average Bonchev–Trinajstić information content (AvgIpc) is 2.89. The van der Waals surface area contributed by atoms with Gasteiger partial charge >= 0.3 is 6.01 Å². The van der Waals surface area contributed by atoms with E-state index in [0.29, 0.717) is 37.8 Å². The number of piperidine rings is 1. The van der Waals surface area contributed by atoms with Gasteiger partial charge in [0.25, 0.3) is 0 Å². The largest absolute Gasteiger partial charge is 0.462 e. The number of primary amides is 1. The van der Waals surface area contributed by atoms with Crippen LogP contribution >= 0.6 is 0 Å². The SMILES string of the molecule is NC(=O)C1(c2nc3n(n2)CCO3)CCNCC1. The van der Waals surface area contributed by atoms with E-state index in [1.54, 1.807) is 4.68 Å². The number of rotatable bonds is 2. The number of carbonyl (C=O) groups excluding carboxylic acids is 1. The highest BCUT2D eigenvalue weighted by molar-refractivity contribution is 5.85. The van der Waals surface area contributed by atoms with Crippen molar-refractivity contribution in [1.82, 2.24) is 20.1 Å². The standard InChI is InChI=1S/C10H15N5O2/c11-7(16)10(1-3-12-4-2-10)8-13-9-15(14-8)5-6-17-9/h12H,1-6H2,(H2,11,16). The van der Waals surface area contributed by atoms with Gasteiger partial charge in [0.2, 0.25) is 5.91 Å². The number of aromatic nitrogens is 3. The maximum atomic E-state index is 11.8. The maximum Gasteiger partial charge on any atom is 0.315 e. The van der Waals surface area contributed by atoms with Gasteiger partial charge in [-0.05, 0) is 25.9 Å². The van der Waals surface area contributed by atoms with Gasteiger partial charge in [0.15, 0.2) is 5.82 Å². The summed E-state index contributed by atoms with van der Waals surface area (Å²) in [6.07, 6.45) is 1.29. The van der Waals surface area contributed by atoms with Gasteiger partial charge < -0.3 is 15.8 Å². The zero-order valence-electron chi connectivity index (χ0n) is 9.48.